The zero-order valence-corrected chi connectivity index (χ0v) is 14.7. The summed E-state index contributed by atoms with van der Waals surface area (Å²) in [5.74, 6) is 0. The van der Waals surface area contributed by atoms with Crippen LogP contribution in [0.15, 0.2) is 15.8 Å². The van der Waals surface area contributed by atoms with Crippen LogP contribution in [0, 0.1) is 6.92 Å². The number of H-pyrrole nitrogens is 1. The van der Waals surface area contributed by atoms with Gasteiger partial charge in [-0.15, -0.1) is 0 Å². The molecule has 2 unspecified atom stereocenters. The van der Waals surface area contributed by atoms with Crippen LogP contribution in [0.2, 0.25) is 0 Å². The highest BCUT2D eigenvalue weighted by molar-refractivity contribution is 7.43. The maximum atomic E-state index is 12.1. The molecule has 1 aliphatic rings. The average molecular weight is 379 g/mol. The normalized spacial score (nSPS) is 27.6. The standard InChI is InChI=1S/C13H22N3O8P/c1-7-5-16(13(19)15-11(7)18)12-10(22-4-3-21-2)9(17)8(24-12)6-23-25(14)20/h5,8-10,12,17,20H,3-4,6,14H2,1-2H3,(H,15,18,19)/t8-,9-,10?,12-,25?/m1/s1. The van der Waals surface area contributed by atoms with Gasteiger partial charge in [-0.3, -0.25) is 19.8 Å². The van der Waals surface area contributed by atoms with Crippen molar-refractivity contribution in [1.29, 1.82) is 0 Å². The van der Waals surface area contributed by atoms with Crippen LogP contribution < -0.4 is 16.8 Å². The maximum absolute atomic E-state index is 12.1. The van der Waals surface area contributed by atoms with Gasteiger partial charge in [-0.05, 0) is 6.92 Å². The second-order valence-corrected chi connectivity index (χ2v) is 6.32. The van der Waals surface area contributed by atoms with E-state index in [0.717, 1.165) is 4.57 Å². The van der Waals surface area contributed by atoms with E-state index in [9.17, 15) is 14.7 Å². The summed E-state index contributed by atoms with van der Waals surface area (Å²) in [6.07, 6.45) is -2.59. The Morgan fingerprint density at radius 3 is 2.80 bits per heavy atom. The summed E-state index contributed by atoms with van der Waals surface area (Å²) in [6, 6.07) is 0. The molecule has 1 aromatic rings. The van der Waals surface area contributed by atoms with E-state index in [2.05, 4.69) is 4.98 Å². The van der Waals surface area contributed by atoms with Crippen LogP contribution in [-0.4, -0.2) is 64.8 Å². The second-order valence-electron chi connectivity index (χ2n) is 5.46. The molecule has 0 amide bonds. The van der Waals surface area contributed by atoms with Crippen molar-refractivity contribution in [3.05, 3.63) is 32.6 Å². The lowest BCUT2D eigenvalue weighted by molar-refractivity contribution is -0.0813. The molecule has 11 nitrogen and oxygen atoms in total. The summed E-state index contributed by atoms with van der Waals surface area (Å²) in [7, 11) is -0.616. The van der Waals surface area contributed by atoms with Gasteiger partial charge in [-0.25, -0.2) is 4.79 Å². The minimum atomic E-state index is -2.12. The van der Waals surface area contributed by atoms with Gasteiger partial charge in [-0.1, -0.05) is 0 Å². The Hall–Kier alpha value is -1.17. The van der Waals surface area contributed by atoms with E-state index < -0.39 is 44.3 Å². The number of methoxy groups -OCH3 is 1. The van der Waals surface area contributed by atoms with Crippen LogP contribution >= 0.6 is 8.53 Å². The Balaban J connectivity index is 2.26. The van der Waals surface area contributed by atoms with Crippen LogP contribution in [0.3, 0.4) is 0 Å². The zero-order valence-electron chi connectivity index (χ0n) is 13.8. The number of hydrogen-bond acceptors (Lipinski definition) is 9. The summed E-state index contributed by atoms with van der Waals surface area (Å²) in [6.45, 7) is 1.79. The molecule has 0 bridgehead atoms. The quantitative estimate of drug-likeness (QED) is 0.306. The molecule has 0 spiro atoms. The molecule has 1 aromatic heterocycles. The molecule has 1 saturated heterocycles. The number of ether oxygens (including phenoxy) is 3. The molecule has 12 heteroatoms. The summed E-state index contributed by atoms with van der Waals surface area (Å²) in [4.78, 5) is 34.9. The SMILES string of the molecule is COCCOC1[C@H](n2cc(C)c(=O)[nH]c2=O)O[C@H](COP(N)O)[C@H]1O. The smallest absolute Gasteiger partial charge is 0.330 e. The van der Waals surface area contributed by atoms with Gasteiger partial charge in [-0.2, -0.15) is 0 Å². The lowest BCUT2D eigenvalue weighted by atomic mass is 10.1. The van der Waals surface area contributed by atoms with Crippen molar-refractivity contribution >= 4 is 8.53 Å². The first-order valence-corrected chi connectivity index (χ1v) is 8.76. The molecule has 0 radical (unpaired) electrons. The highest BCUT2D eigenvalue weighted by atomic mass is 31.2. The fourth-order valence-corrected chi connectivity index (χ4v) is 2.75. The van der Waals surface area contributed by atoms with Crippen molar-refractivity contribution in [3.63, 3.8) is 0 Å². The lowest BCUT2D eigenvalue weighted by Gasteiger charge is -2.22. The van der Waals surface area contributed by atoms with Gasteiger partial charge in [0.2, 0.25) is 8.53 Å². The molecule has 5 N–H and O–H groups in total. The molecular formula is C13H22N3O8P. The molecular weight excluding hydrogens is 357 g/mol. The molecule has 0 saturated carbocycles. The Labute approximate surface area is 144 Å². The third kappa shape index (κ3) is 4.93. The number of hydrogen-bond donors (Lipinski definition) is 4. The first-order valence-electron chi connectivity index (χ1n) is 7.48. The number of aliphatic hydroxyl groups is 1. The summed E-state index contributed by atoms with van der Waals surface area (Å²) in [5, 5.41) is 10.4. The van der Waals surface area contributed by atoms with Gasteiger partial charge in [0, 0.05) is 18.9 Å². The number of aromatic nitrogens is 2. The fraction of sp³-hybridized carbons (Fsp3) is 0.692. The van der Waals surface area contributed by atoms with Gasteiger partial charge >= 0.3 is 5.69 Å². The Bertz CT molecular complexity index is 678. The number of aryl methyl sites for hydroxylation is 1. The van der Waals surface area contributed by atoms with Gasteiger partial charge in [0.05, 0.1) is 19.8 Å². The topological polar surface area (TPSA) is 158 Å². The number of rotatable bonds is 8. The van der Waals surface area contributed by atoms with E-state index in [4.69, 9.17) is 29.1 Å². The van der Waals surface area contributed by atoms with Crippen molar-refractivity contribution in [3.8, 4) is 0 Å². The van der Waals surface area contributed by atoms with E-state index in [1.165, 1.54) is 20.2 Å². The van der Waals surface area contributed by atoms with Crippen LogP contribution in [0.4, 0.5) is 0 Å². The lowest BCUT2D eigenvalue weighted by Crippen LogP contribution is -2.40. The number of aromatic amines is 1. The molecule has 1 aliphatic heterocycles. The van der Waals surface area contributed by atoms with Crippen LogP contribution in [-0.2, 0) is 18.7 Å². The third-order valence-corrected chi connectivity index (χ3v) is 4.12. The van der Waals surface area contributed by atoms with Crippen molar-refractivity contribution < 1.29 is 28.7 Å². The van der Waals surface area contributed by atoms with Gasteiger partial charge in [0.1, 0.15) is 18.3 Å². The number of aliphatic hydroxyl groups excluding tert-OH is 1. The highest BCUT2D eigenvalue weighted by Gasteiger charge is 2.46. The first kappa shape index (κ1) is 20.1. The maximum Gasteiger partial charge on any atom is 0.330 e. The predicted octanol–water partition coefficient (Wildman–Crippen LogP) is -1.67. The third-order valence-electron chi connectivity index (χ3n) is 3.70. The monoisotopic (exact) mass is 379 g/mol. The minimum Gasteiger partial charge on any atom is -0.387 e. The minimum absolute atomic E-state index is 0.159. The summed E-state index contributed by atoms with van der Waals surface area (Å²) >= 11 is 0. The zero-order chi connectivity index (χ0) is 18.6. The number of nitrogens with one attached hydrogen (secondary N) is 1. The predicted molar refractivity (Wildman–Crippen MR) is 86.9 cm³/mol. The summed E-state index contributed by atoms with van der Waals surface area (Å²) in [5.41, 5.74) is 4.27. The summed E-state index contributed by atoms with van der Waals surface area (Å²) < 4.78 is 22.2. The van der Waals surface area contributed by atoms with Crippen LogP contribution in [0.25, 0.3) is 0 Å². The Morgan fingerprint density at radius 1 is 1.44 bits per heavy atom. The Kier molecular flexibility index (Phi) is 7.23. The van der Waals surface area contributed by atoms with E-state index in [0.29, 0.717) is 5.56 Å². The van der Waals surface area contributed by atoms with Crippen molar-refractivity contribution in [2.75, 3.05) is 26.9 Å². The number of nitrogens with two attached hydrogens (primary N) is 1. The van der Waals surface area contributed by atoms with E-state index >= 15 is 0 Å². The van der Waals surface area contributed by atoms with E-state index in [-0.39, 0.29) is 19.8 Å². The molecule has 5 atom stereocenters. The highest BCUT2D eigenvalue weighted by Crippen LogP contribution is 2.33. The van der Waals surface area contributed by atoms with E-state index in [1.807, 2.05) is 0 Å². The molecule has 25 heavy (non-hydrogen) atoms. The van der Waals surface area contributed by atoms with Crippen LogP contribution in [0.5, 0.6) is 0 Å². The van der Waals surface area contributed by atoms with Crippen LogP contribution in [0.1, 0.15) is 11.8 Å². The second kappa shape index (κ2) is 8.97. The molecule has 1 fully saturated rings. The number of nitrogens with zero attached hydrogens (tertiary/aromatic N) is 1. The Morgan fingerprint density at radius 2 is 2.16 bits per heavy atom. The van der Waals surface area contributed by atoms with Gasteiger partial charge < -0.3 is 28.7 Å². The molecule has 0 aliphatic carbocycles. The van der Waals surface area contributed by atoms with Crippen molar-refractivity contribution in [1.82, 2.24) is 9.55 Å². The largest absolute Gasteiger partial charge is 0.387 e. The molecule has 142 valence electrons. The van der Waals surface area contributed by atoms with Gasteiger partial charge in [0.15, 0.2) is 6.23 Å². The molecule has 2 heterocycles. The average Bonchev–Trinajstić information content (AvgIpc) is 2.85. The molecule has 0 aromatic carbocycles. The van der Waals surface area contributed by atoms with Crippen molar-refractivity contribution in [2.24, 2.45) is 5.50 Å². The van der Waals surface area contributed by atoms with Gasteiger partial charge in [0.25, 0.3) is 5.56 Å². The van der Waals surface area contributed by atoms with Crippen molar-refractivity contribution in [2.45, 2.75) is 31.5 Å². The first-order chi connectivity index (χ1) is 11.8. The van der Waals surface area contributed by atoms with E-state index in [1.54, 1.807) is 0 Å². The molecule has 2 rings (SSSR count). The fourth-order valence-electron chi connectivity index (χ4n) is 2.45.